The molecular weight excluding hydrogens is 220 g/mol. The third kappa shape index (κ3) is 3.39. The van der Waals surface area contributed by atoms with Gasteiger partial charge >= 0.3 is 5.97 Å². The van der Waals surface area contributed by atoms with Crippen molar-refractivity contribution >= 4 is 11.8 Å². The highest BCUT2D eigenvalue weighted by atomic mass is 16.4. The van der Waals surface area contributed by atoms with Crippen LogP contribution in [0.15, 0.2) is 12.3 Å². The highest BCUT2D eigenvalue weighted by Gasteiger charge is 2.21. The minimum atomic E-state index is -1.01. The lowest BCUT2D eigenvalue weighted by atomic mass is 10.0. The Morgan fingerprint density at radius 3 is 2.71 bits per heavy atom. The van der Waals surface area contributed by atoms with Gasteiger partial charge in [-0.15, -0.1) is 5.10 Å². The number of likely N-dealkylation sites (N-methyl/N-ethyl adjacent to an activating group) is 1. The van der Waals surface area contributed by atoms with Gasteiger partial charge in [0.25, 0.3) is 0 Å². The Bertz CT molecular complexity index is 404. The molecule has 1 aromatic heterocycles. The Balaban J connectivity index is 2.79. The van der Waals surface area contributed by atoms with Crippen molar-refractivity contribution in [2.45, 2.75) is 19.4 Å². The van der Waals surface area contributed by atoms with Gasteiger partial charge in [-0.25, -0.2) is 4.79 Å². The number of carboxylic acids is 1. The van der Waals surface area contributed by atoms with Crippen molar-refractivity contribution in [1.82, 2.24) is 15.1 Å². The summed E-state index contributed by atoms with van der Waals surface area (Å²) in [5, 5.41) is 19.5. The first-order valence-electron chi connectivity index (χ1n) is 5.31. The lowest BCUT2D eigenvalue weighted by Crippen LogP contribution is -2.44. The molecule has 0 aromatic carbocycles. The van der Waals surface area contributed by atoms with E-state index in [1.807, 2.05) is 14.1 Å². The zero-order valence-corrected chi connectivity index (χ0v) is 10.6. The van der Waals surface area contributed by atoms with Crippen LogP contribution in [-0.4, -0.2) is 52.4 Å². The van der Waals surface area contributed by atoms with Crippen molar-refractivity contribution < 1.29 is 9.90 Å². The average Bonchev–Trinajstić information content (AvgIpc) is 2.26. The van der Waals surface area contributed by atoms with Gasteiger partial charge in [-0.1, -0.05) is 0 Å². The van der Waals surface area contributed by atoms with Crippen molar-refractivity contribution in [2.24, 2.45) is 0 Å². The Kier molecular flexibility index (Phi) is 4.01. The predicted molar refractivity (Wildman–Crippen MR) is 65.2 cm³/mol. The number of rotatable bonds is 5. The van der Waals surface area contributed by atoms with Gasteiger partial charge in [-0.3, -0.25) is 0 Å². The molecule has 1 heterocycles. The number of hydrogen-bond donors (Lipinski definition) is 2. The highest BCUT2D eigenvalue weighted by molar-refractivity contribution is 5.92. The van der Waals surface area contributed by atoms with Crippen molar-refractivity contribution in [2.75, 3.05) is 26.0 Å². The summed E-state index contributed by atoms with van der Waals surface area (Å²) >= 11 is 0. The number of anilines is 1. The molecule has 94 valence electrons. The summed E-state index contributed by atoms with van der Waals surface area (Å²) < 4.78 is 0. The molecule has 17 heavy (non-hydrogen) atoms. The van der Waals surface area contributed by atoms with Crippen LogP contribution in [0.4, 0.5) is 5.82 Å². The van der Waals surface area contributed by atoms with E-state index in [1.54, 1.807) is 0 Å². The molecule has 6 heteroatoms. The first-order valence-corrected chi connectivity index (χ1v) is 5.31. The fourth-order valence-electron chi connectivity index (χ4n) is 1.09. The maximum atomic E-state index is 11.0. The molecule has 1 rings (SSSR count). The lowest BCUT2D eigenvalue weighted by Gasteiger charge is -2.32. The van der Waals surface area contributed by atoms with Gasteiger partial charge in [-0.2, -0.15) is 5.10 Å². The van der Waals surface area contributed by atoms with Crippen molar-refractivity contribution in [3.63, 3.8) is 0 Å². The number of nitrogens with zero attached hydrogens (tertiary/aromatic N) is 3. The van der Waals surface area contributed by atoms with Gasteiger partial charge in [0.1, 0.15) is 5.56 Å². The molecule has 2 N–H and O–H groups in total. The van der Waals surface area contributed by atoms with Crippen LogP contribution < -0.4 is 5.32 Å². The van der Waals surface area contributed by atoms with E-state index in [0.717, 1.165) is 0 Å². The van der Waals surface area contributed by atoms with E-state index in [4.69, 9.17) is 5.11 Å². The Morgan fingerprint density at radius 1 is 1.53 bits per heavy atom. The average molecular weight is 238 g/mol. The molecular formula is C11H18N4O2. The summed E-state index contributed by atoms with van der Waals surface area (Å²) in [6.45, 7) is 4.69. The summed E-state index contributed by atoms with van der Waals surface area (Å²) in [6.07, 6.45) is 1.37. The molecule has 0 bridgehead atoms. The van der Waals surface area contributed by atoms with Crippen molar-refractivity contribution in [3.8, 4) is 0 Å². The van der Waals surface area contributed by atoms with Crippen LogP contribution in [0.3, 0.4) is 0 Å². The molecule has 6 nitrogen and oxygen atoms in total. The molecule has 0 atom stereocenters. The van der Waals surface area contributed by atoms with Gasteiger partial charge < -0.3 is 15.3 Å². The standard InChI is InChI=1S/C11H18N4O2/c1-11(2,15(3)4)7-12-9-8(10(16)17)5-6-13-14-9/h5-6H,7H2,1-4H3,(H,12,14)(H,16,17). The van der Waals surface area contributed by atoms with E-state index in [1.165, 1.54) is 12.3 Å². The van der Waals surface area contributed by atoms with Gasteiger partial charge in [0.2, 0.25) is 0 Å². The van der Waals surface area contributed by atoms with E-state index in [2.05, 4.69) is 34.3 Å². The van der Waals surface area contributed by atoms with Gasteiger partial charge in [0.05, 0.1) is 6.20 Å². The number of aromatic carboxylic acids is 1. The summed E-state index contributed by atoms with van der Waals surface area (Å²) in [6, 6.07) is 1.43. The maximum Gasteiger partial charge on any atom is 0.339 e. The fraction of sp³-hybridized carbons (Fsp3) is 0.545. The molecule has 0 fully saturated rings. The van der Waals surface area contributed by atoms with E-state index in [-0.39, 0.29) is 11.1 Å². The number of carbonyl (C=O) groups is 1. The largest absolute Gasteiger partial charge is 0.478 e. The minimum absolute atomic E-state index is 0.104. The van der Waals surface area contributed by atoms with Gasteiger partial charge in [-0.05, 0) is 34.0 Å². The third-order valence-electron chi connectivity index (χ3n) is 2.85. The topological polar surface area (TPSA) is 78.3 Å². The molecule has 0 aliphatic rings. The summed E-state index contributed by atoms with van der Waals surface area (Å²) in [5.41, 5.74) is 0.0300. The van der Waals surface area contributed by atoms with E-state index >= 15 is 0 Å². The van der Waals surface area contributed by atoms with E-state index < -0.39 is 5.97 Å². The fourth-order valence-corrected chi connectivity index (χ4v) is 1.09. The predicted octanol–water partition coefficient (Wildman–Crippen LogP) is 0.927. The van der Waals surface area contributed by atoms with E-state index in [0.29, 0.717) is 12.4 Å². The zero-order valence-electron chi connectivity index (χ0n) is 10.6. The molecule has 0 spiro atoms. The Hall–Kier alpha value is -1.69. The second-order valence-electron chi connectivity index (χ2n) is 4.66. The molecule has 0 amide bonds. The Morgan fingerprint density at radius 2 is 2.18 bits per heavy atom. The van der Waals surface area contributed by atoms with Crippen LogP contribution in [0.5, 0.6) is 0 Å². The second kappa shape index (κ2) is 5.09. The van der Waals surface area contributed by atoms with E-state index in [9.17, 15) is 4.79 Å². The van der Waals surface area contributed by atoms with Crippen LogP contribution in [0.25, 0.3) is 0 Å². The number of aromatic nitrogens is 2. The van der Waals surface area contributed by atoms with Crippen LogP contribution in [0.1, 0.15) is 24.2 Å². The van der Waals surface area contributed by atoms with Crippen LogP contribution in [-0.2, 0) is 0 Å². The normalized spacial score (nSPS) is 11.6. The third-order valence-corrected chi connectivity index (χ3v) is 2.85. The molecule has 0 aliphatic heterocycles. The molecule has 0 saturated carbocycles. The molecule has 1 aromatic rings. The van der Waals surface area contributed by atoms with Gasteiger partial charge in [0.15, 0.2) is 5.82 Å². The second-order valence-corrected chi connectivity index (χ2v) is 4.66. The summed E-state index contributed by atoms with van der Waals surface area (Å²) in [5.74, 6) is -0.708. The quantitative estimate of drug-likeness (QED) is 0.794. The summed E-state index contributed by atoms with van der Waals surface area (Å²) in [4.78, 5) is 13.0. The molecule has 0 radical (unpaired) electrons. The number of nitrogens with one attached hydrogen (secondary N) is 1. The minimum Gasteiger partial charge on any atom is -0.478 e. The number of carboxylic acid groups (broad SMARTS) is 1. The van der Waals surface area contributed by atoms with Crippen molar-refractivity contribution in [3.05, 3.63) is 17.8 Å². The number of hydrogen-bond acceptors (Lipinski definition) is 5. The molecule has 0 saturated heterocycles. The Labute approximate surface area is 101 Å². The molecule has 0 unspecified atom stereocenters. The SMILES string of the molecule is CN(C)C(C)(C)CNc1nnccc1C(=O)O. The smallest absolute Gasteiger partial charge is 0.339 e. The summed E-state index contributed by atoms with van der Waals surface area (Å²) in [7, 11) is 3.94. The van der Waals surface area contributed by atoms with Gasteiger partial charge in [0, 0.05) is 12.1 Å². The monoisotopic (exact) mass is 238 g/mol. The lowest BCUT2D eigenvalue weighted by molar-refractivity contribution is 0.0697. The van der Waals surface area contributed by atoms with Crippen LogP contribution >= 0.6 is 0 Å². The maximum absolute atomic E-state index is 11.0. The first-order chi connectivity index (χ1) is 7.84. The molecule has 0 aliphatic carbocycles. The highest BCUT2D eigenvalue weighted by Crippen LogP contribution is 2.14. The van der Waals surface area contributed by atoms with Crippen LogP contribution in [0, 0.1) is 0 Å². The zero-order chi connectivity index (χ0) is 13.1. The van der Waals surface area contributed by atoms with Crippen LogP contribution in [0.2, 0.25) is 0 Å². The van der Waals surface area contributed by atoms with Crippen molar-refractivity contribution in [1.29, 1.82) is 0 Å². The first kappa shape index (κ1) is 13.4.